The van der Waals surface area contributed by atoms with Crippen LogP contribution in [0.25, 0.3) is 5.70 Å². The van der Waals surface area contributed by atoms with E-state index in [1.54, 1.807) is 12.4 Å². The van der Waals surface area contributed by atoms with Crippen LogP contribution in [0.4, 0.5) is 21.9 Å². The molecule has 2 aromatic heterocycles. The van der Waals surface area contributed by atoms with Gasteiger partial charge in [0.05, 0.1) is 35.2 Å². The quantitative estimate of drug-likeness (QED) is 0.596. The molecule has 0 aromatic carbocycles. The zero-order valence-electron chi connectivity index (χ0n) is 18.0. The number of pyridine rings is 1. The van der Waals surface area contributed by atoms with Crippen molar-refractivity contribution in [2.75, 3.05) is 29.0 Å². The average Bonchev–Trinajstić information content (AvgIpc) is 2.69. The number of nitrogens with one attached hydrogen (secondary N) is 2. The van der Waals surface area contributed by atoms with E-state index in [-0.39, 0.29) is 11.3 Å². The number of halogens is 1. The molecule has 3 rings (SSSR count). The summed E-state index contributed by atoms with van der Waals surface area (Å²) in [6, 6.07) is 1.89. The van der Waals surface area contributed by atoms with Crippen molar-refractivity contribution in [2.24, 2.45) is 0 Å². The van der Waals surface area contributed by atoms with Gasteiger partial charge in [0.2, 0.25) is 5.28 Å². The number of carbonyl (C=O) groups excluding carboxylic acids is 1. The van der Waals surface area contributed by atoms with Crippen LogP contribution in [-0.2, 0) is 4.74 Å². The molecule has 2 aromatic rings. The lowest BCUT2D eigenvalue weighted by molar-refractivity contribution is 0.0500. The van der Waals surface area contributed by atoms with E-state index in [1.165, 1.54) is 6.20 Å². The van der Waals surface area contributed by atoms with E-state index in [0.29, 0.717) is 23.6 Å². The Morgan fingerprint density at radius 1 is 1.39 bits per heavy atom. The zero-order chi connectivity index (χ0) is 22.6. The third-order valence-electron chi connectivity index (χ3n) is 4.64. The Morgan fingerprint density at radius 2 is 2.16 bits per heavy atom. The van der Waals surface area contributed by atoms with Crippen molar-refractivity contribution in [3.8, 4) is 0 Å². The minimum absolute atomic E-state index is 0.0240. The molecule has 10 heteroatoms. The Balaban J connectivity index is 1.73. The number of alkyl carbamates (subject to hydrolysis) is 1. The fourth-order valence-electron chi connectivity index (χ4n) is 3.38. The molecule has 9 nitrogen and oxygen atoms in total. The summed E-state index contributed by atoms with van der Waals surface area (Å²) < 4.78 is 5.39. The van der Waals surface area contributed by atoms with Crippen molar-refractivity contribution in [1.82, 2.24) is 20.3 Å². The monoisotopic (exact) mass is 445 g/mol. The molecule has 1 amide bonds. The maximum absolute atomic E-state index is 12.2. The van der Waals surface area contributed by atoms with Gasteiger partial charge >= 0.3 is 6.09 Å². The molecule has 0 saturated carbocycles. The first kappa shape index (κ1) is 22.6. The molecule has 1 fully saturated rings. The SMILES string of the molecule is C=C(Nc1cnccc1N1CCC[C@H](NC(=O)OC(C)(C)C)C1)c1nc(Cl)ncc1N. The minimum atomic E-state index is -0.535. The van der Waals surface area contributed by atoms with Crippen molar-refractivity contribution in [2.45, 2.75) is 45.3 Å². The van der Waals surface area contributed by atoms with Crippen LogP contribution in [-0.4, -0.2) is 45.8 Å². The molecule has 166 valence electrons. The number of carbonyl (C=O) groups is 1. The Kier molecular flexibility index (Phi) is 6.84. The molecule has 1 atom stereocenters. The van der Waals surface area contributed by atoms with Crippen LogP contribution in [0.1, 0.15) is 39.3 Å². The fourth-order valence-corrected chi connectivity index (χ4v) is 3.51. The number of hydrogen-bond donors (Lipinski definition) is 3. The van der Waals surface area contributed by atoms with Crippen molar-refractivity contribution in [1.29, 1.82) is 0 Å². The fraction of sp³-hybridized carbons (Fsp3) is 0.429. The van der Waals surface area contributed by atoms with E-state index in [1.807, 2.05) is 26.8 Å². The summed E-state index contributed by atoms with van der Waals surface area (Å²) in [6.45, 7) is 11.1. The first-order valence-electron chi connectivity index (χ1n) is 10.0. The molecular weight excluding hydrogens is 418 g/mol. The third kappa shape index (κ3) is 6.21. The first-order valence-corrected chi connectivity index (χ1v) is 10.4. The van der Waals surface area contributed by atoms with E-state index in [4.69, 9.17) is 22.1 Å². The topological polar surface area (TPSA) is 118 Å². The molecule has 0 radical (unpaired) electrons. The highest BCUT2D eigenvalue weighted by Crippen LogP contribution is 2.30. The molecule has 0 bridgehead atoms. The van der Waals surface area contributed by atoms with Gasteiger partial charge in [-0.1, -0.05) is 6.58 Å². The van der Waals surface area contributed by atoms with E-state index in [9.17, 15) is 4.79 Å². The van der Waals surface area contributed by atoms with Gasteiger partial charge in [-0.15, -0.1) is 0 Å². The van der Waals surface area contributed by atoms with Crippen LogP contribution >= 0.6 is 11.6 Å². The van der Waals surface area contributed by atoms with Crippen molar-refractivity contribution < 1.29 is 9.53 Å². The number of nitrogens with two attached hydrogens (primary N) is 1. The van der Waals surface area contributed by atoms with Gasteiger partial charge in [0, 0.05) is 25.3 Å². The highest BCUT2D eigenvalue weighted by molar-refractivity contribution is 6.28. The average molecular weight is 446 g/mol. The molecule has 4 N–H and O–H groups in total. The number of rotatable bonds is 5. The Labute approximate surface area is 187 Å². The van der Waals surface area contributed by atoms with Crippen molar-refractivity contribution >= 4 is 40.5 Å². The lowest BCUT2D eigenvalue weighted by atomic mass is 10.0. The maximum Gasteiger partial charge on any atom is 0.407 e. The van der Waals surface area contributed by atoms with Crippen LogP contribution in [0.5, 0.6) is 0 Å². The molecule has 1 saturated heterocycles. The van der Waals surface area contributed by atoms with Gasteiger partial charge in [-0.3, -0.25) is 4.98 Å². The molecule has 0 spiro atoms. The molecule has 1 aliphatic rings. The van der Waals surface area contributed by atoms with Crippen LogP contribution in [0.2, 0.25) is 5.28 Å². The van der Waals surface area contributed by atoms with E-state index in [2.05, 4.69) is 37.1 Å². The molecule has 31 heavy (non-hydrogen) atoms. The maximum atomic E-state index is 12.2. The summed E-state index contributed by atoms with van der Waals surface area (Å²) in [6.07, 6.45) is 6.29. The van der Waals surface area contributed by atoms with Crippen LogP contribution < -0.4 is 21.3 Å². The predicted octanol–water partition coefficient (Wildman–Crippen LogP) is 3.68. The lowest BCUT2D eigenvalue weighted by Gasteiger charge is -2.36. The number of piperidine rings is 1. The van der Waals surface area contributed by atoms with Gasteiger partial charge in [0.15, 0.2) is 0 Å². The number of aromatic nitrogens is 3. The summed E-state index contributed by atoms with van der Waals surface area (Å²) in [4.78, 5) is 26.6. The Bertz CT molecular complexity index is 961. The smallest absolute Gasteiger partial charge is 0.407 e. The van der Waals surface area contributed by atoms with Gasteiger partial charge in [-0.2, -0.15) is 0 Å². The normalized spacial score (nSPS) is 16.5. The van der Waals surface area contributed by atoms with Crippen molar-refractivity contribution in [3.63, 3.8) is 0 Å². The number of nitrogens with zero attached hydrogens (tertiary/aromatic N) is 4. The molecule has 3 heterocycles. The Morgan fingerprint density at radius 3 is 2.90 bits per heavy atom. The van der Waals surface area contributed by atoms with E-state index in [0.717, 1.165) is 30.8 Å². The standard InChI is InChI=1S/C21H28ClN7O2/c1-13(18-15(23)10-25-19(22)28-18)26-16-11-24-8-7-17(16)29-9-5-6-14(12-29)27-20(30)31-21(2,3)4/h7-8,10-11,14,26H,1,5-6,9,12,23H2,2-4H3,(H,27,30)/t14-/m0/s1. The highest BCUT2D eigenvalue weighted by atomic mass is 35.5. The first-order chi connectivity index (χ1) is 14.6. The van der Waals surface area contributed by atoms with Gasteiger partial charge in [0.25, 0.3) is 0 Å². The summed E-state index contributed by atoms with van der Waals surface area (Å²) in [5.74, 6) is 0. The van der Waals surface area contributed by atoms with Gasteiger partial charge < -0.3 is 26.0 Å². The van der Waals surface area contributed by atoms with Crippen LogP contribution in [0.15, 0.2) is 31.2 Å². The minimum Gasteiger partial charge on any atom is -0.444 e. The summed E-state index contributed by atoms with van der Waals surface area (Å²) in [5, 5.41) is 6.30. The van der Waals surface area contributed by atoms with Gasteiger partial charge in [-0.05, 0) is 51.3 Å². The van der Waals surface area contributed by atoms with E-state index < -0.39 is 11.7 Å². The number of ether oxygens (including phenoxy) is 1. The summed E-state index contributed by atoms with van der Waals surface area (Å²) in [5.41, 5.74) is 8.40. The second-order valence-electron chi connectivity index (χ2n) is 8.37. The number of amides is 1. The zero-order valence-corrected chi connectivity index (χ0v) is 18.7. The third-order valence-corrected chi connectivity index (χ3v) is 4.82. The molecule has 0 unspecified atom stereocenters. The molecule has 1 aliphatic heterocycles. The van der Waals surface area contributed by atoms with Crippen LogP contribution in [0, 0.1) is 0 Å². The summed E-state index contributed by atoms with van der Waals surface area (Å²) in [7, 11) is 0. The lowest BCUT2D eigenvalue weighted by Crippen LogP contribution is -2.49. The summed E-state index contributed by atoms with van der Waals surface area (Å²) >= 11 is 5.90. The predicted molar refractivity (Wildman–Crippen MR) is 123 cm³/mol. The van der Waals surface area contributed by atoms with E-state index >= 15 is 0 Å². The van der Waals surface area contributed by atoms with Crippen molar-refractivity contribution in [3.05, 3.63) is 42.2 Å². The van der Waals surface area contributed by atoms with Gasteiger partial charge in [-0.25, -0.2) is 14.8 Å². The number of hydrogen-bond acceptors (Lipinski definition) is 8. The molecule has 0 aliphatic carbocycles. The number of anilines is 3. The number of nitrogen functional groups attached to an aromatic ring is 1. The largest absolute Gasteiger partial charge is 0.444 e. The Hall–Kier alpha value is -3.07. The highest BCUT2D eigenvalue weighted by Gasteiger charge is 2.25. The second-order valence-corrected chi connectivity index (χ2v) is 8.71. The van der Waals surface area contributed by atoms with Gasteiger partial charge in [0.1, 0.15) is 11.3 Å². The van der Waals surface area contributed by atoms with Crippen LogP contribution in [0.3, 0.4) is 0 Å². The molecular formula is C21H28ClN7O2. The second kappa shape index (κ2) is 9.38.